The fourth-order valence-electron chi connectivity index (χ4n) is 4.32. The van der Waals surface area contributed by atoms with Crippen LogP contribution in [0.4, 0.5) is 0 Å². The molecule has 4 rings (SSSR count). The van der Waals surface area contributed by atoms with E-state index in [0.29, 0.717) is 37.9 Å². The van der Waals surface area contributed by atoms with Crippen molar-refractivity contribution < 1.29 is 18.9 Å². The molecule has 0 radical (unpaired) electrons. The fourth-order valence-corrected chi connectivity index (χ4v) is 12.6. The summed E-state index contributed by atoms with van der Waals surface area (Å²) in [7, 11) is 0. The first-order valence-electron chi connectivity index (χ1n) is 13.0. The predicted molar refractivity (Wildman–Crippen MR) is 217 cm³/mol. The van der Waals surface area contributed by atoms with E-state index in [4.69, 9.17) is 18.9 Å². The van der Waals surface area contributed by atoms with Crippen LogP contribution in [0.2, 0.25) is 0 Å². The summed E-state index contributed by atoms with van der Waals surface area (Å²) in [5.41, 5.74) is 1.79. The molecule has 4 aromatic carbocycles. The van der Waals surface area contributed by atoms with Crippen molar-refractivity contribution in [3.05, 3.63) is 104 Å². The van der Waals surface area contributed by atoms with Crippen LogP contribution in [0.15, 0.2) is 93.3 Å². The minimum atomic E-state index is -0.383. The fraction of sp³-hybridized carbons (Fsp3) is 0.226. The molecule has 0 aliphatic rings. The Kier molecular flexibility index (Phi) is 14.8. The highest BCUT2D eigenvalue weighted by Gasteiger charge is 2.32. The van der Waals surface area contributed by atoms with Gasteiger partial charge in [0.25, 0.3) is 0 Å². The minimum Gasteiger partial charge on any atom is -0.490 e. The van der Waals surface area contributed by atoms with E-state index in [9.17, 15) is 0 Å². The van der Waals surface area contributed by atoms with Gasteiger partial charge in [0.1, 0.15) is 49.4 Å². The van der Waals surface area contributed by atoms with Gasteiger partial charge in [-0.15, -0.1) is 0 Å². The first-order chi connectivity index (χ1) is 21.2. The smallest absolute Gasteiger partial charge is 0.150 e. The summed E-state index contributed by atoms with van der Waals surface area (Å²) in [6.45, 7) is 5.83. The van der Waals surface area contributed by atoms with Crippen LogP contribution in [0.25, 0.3) is 0 Å². The van der Waals surface area contributed by atoms with Crippen molar-refractivity contribution in [2.45, 2.75) is 19.3 Å². The van der Waals surface area contributed by atoms with E-state index in [-0.39, 0.29) is 5.41 Å². The van der Waals surface area contributed by atoms with Gasteiger partial charge < -0.3 is 18.9 Å². The Morgan fingerprint density at radius 2 is 0.822 bits per heavy atom. The molecule has 0 amide bonds. The second-order valence-corrected chi connectivity index (χ2v) is 18.3. The molecule has 14 heteroatoms. The van der Waals surface area contributed by atoms with Gasteiger partial charge >= 0.3 is 0 Å². The van der Waals surface area contributed by atoms with Crippen LogP contribution in [0.1, 0.15) is 25.0 Å². The Morgan fingerprint density at radius 1 is 0.467 bits per heavy atom. The van der Waals surface area contributed by atoms with Gasteiger partial charge in [-0.05, 0) is 175 Å². The summed E-state index contributed by atoms with van der Waals surface area (Å²) >= 11 is 36.3. The summed E-state index contributed by atoms with van der Waals surface area (Å²) in [5, 5.41) is 0. The Balaban J connectivity index is 1.41. The molecule has 0 fully saturated rings. The zero-order valence-corrected chi connectivity index (χ0v) is 39.2. The molecule has 0 bridgehead atoms. The molecule has 0 saturated heterocycles. The van der Waals surface area contributed by atoms with Crippen molar-refractivity contribution in [2.75, 3.05) is 26.4 Å². The molecule has 4 nitrogen and oxygen atoms in total. The SMILES string of the molecule is CC(C)(c1ccc(OCCOc2c(Br)cc(Br)cc2Br)cc1)c1c(Br)c(Br)c(OCCOc2c(Br)cc(Br)cc2Br)c(Br)c1Br. The minimum absolute atomic E-state index is 0.331. The average Bonchev–Trinajstić information content (AvgIpc) is 2.96. The Labute approximate surface area is 346 Å². The van der Waals surface area contributed by atoms with Crippen molar-refractivity contribution in [3.63, 3.8) is 0 Å². The lowest BCUT2D eigenvalue weighted by Crippen LogP contribution is -2.21. The zero-order valence-electron chi connectivity index (χ0n) is 23.4. The molecule has 4 aromatic rings. The van der Waals surface area contributed by atoms with E-state index in [1.165, 1.54) is 0 Å². The quantitative estimate of drug-likeness (QED) is 0.105. The van der Waals surface area contributed by atoms with Crippen molar-refractivity contribution in [1.82, 2.24) is 0 Å². The van der Waals surface area contributed by atoms with Crippen molar-refractivity contribution in [3.8, 4) is 23.0 Å². The van der Waals surface area contributed by atoms with Gasteiger partial charge in [-0.2, -0.15) is 0 Å². The third-order valence-electron chi connectivity index (χ3n) is 6.52. The van der Waals surface area contributed by atoms with Crippen LogP contribution in [-0.2, 0) is 5.41 Å². The summed E-state index contributed by atoms with van der Waals surface area (Å²) in [6.07, 6.45) is 0. The summed E-state index contributed by atoms with van der Waals surface area (Å²) in [6, 6.07) is 15.9. The monoisotopic (exact) mass is 1250 g/mol. The second kappa shape index (κ2) is 17.2. The van der Waals surface area contributed by atoms with Crippen molar-refractivity contribution in [1.29, 1.82) is 0 Å². The normalized spacial score (nSPS) is 11.5. The van der Waals surface area contributed by atoms with Crippen LogP contribution in [-0.4, -0.2) is 26.4 Å². The zero-order chi connectivity index (χ0) is 33.1. The first-order valence-corrected chi connectivity index (χ1v) is 20.9. The molecule has 0 aliphatic carbocycles. The standard InChI is InChI=1S/C31H22Br10O4/c1-31(2,15-3-5-18(6-4-15)42-7-8-43-28-19(34)11-16(32)12-20(28)35)23-24(38)26(40)30(27(41)25(23)39)45-10-9-44-29-21(36)13-17(33)14-22(29)37/h3-6,11-14H,7-10H2,1-2H3. The Bertz CT molecular complexity index is 1620. The van der Waals surface area contributed by atoms with Crippen LogP contribution in [0.3, 0.4) is 0 Å². The van der Waals surface area contributed by atoms with Crippen LogP contribution < -0.4 is 18.9 Å². The van der Waals surface area contributed by atoms with Crippen molar-refractivity contribution in [2.24, 2.45) is 0 Å². The van der Waals surface area contributed by atoms with Crippen molar-refractivity contribution >= 4 is 159 Å². The highest BCUT2D eigenvalue weighted by molar-refractivity contribution is 9.14. The highest BCUT2D eigenvalue weighted by Crippen LogP contribution is 2.51. The van der Waals surface area contributed by atoms with E-state index in [1.54, 1.807) is 0 Å². The average molecular weight is 1260 g/mol. The molecule has 45 heavy (non-hydrogen) atoms. The number of hydrogen-bond donors (Lipinski definition) is 0. The Hall–Kier alpha value is 0.880. The van der Waals surface area contributed by atoms with Crippen LogP contribution in [0, 0.1) is 0 Å². The maximum absolute atomic E-state index is 6.18. The molecule has 240 valence electrons. The molecule has 0 aromatic heterocycles. The third kappa shape index (κ3) is 9.57. The second-order valence-electron chi connectivity index (χ2n) is 9.90. The topological polar surface area (TPSA) is 36.9 Å². The maximum atomic E-state index is 6.18. The lowest BCUT2D eigenvalue weighted by molar-refractivity contribution is 0.213. The number of ether oxygens (including phenoxy) is 4. The van der Waals surface area contributed by atoms with E-state index < -0.39 is 0 Å². The molecule has 0 spiro atoms. The first kappa shape index (κ1) is 38.7. The van der Waals surface area contributed by atoms with Gasteiger partial charge in [-0.25, -0.2) is 0 Å². The summed E-state index contributed by atoms with van der Waals surface area (Å²) in [5.74, 6) is 2.88. The summed E-state index contributed by atoms with van der Waals surface area (Å²) < 4.78 is 32.7. The molecule has 0 heterocycles. The number of halogens is 10. The molecular weight excluding hydrogens is 1240 g/mol. The molecule has 0 N–H and O–H groups in total. The third-order valence-corrected chi connectivity index (χ3v) is 14.0. The van der Waals surface area contributed by atoms with Crippen LogP contribution in [0.5, 0.6) is 23.0 Å². The molecule has 0 saturated carbocycles. The van der Waals surface area contributed by atoms with E-state index in [2.05, 4.69) is 185 Å². The maximum Gasteiger partial charge on any atom is 0.150 e. The molecule has 0 unspecified atom stereocenters. The van der Waals surface area contributed by atoms with Gasteiger partial charge in [0.2, 0.25) is 0 Å². The summed E-state index contributed by atoms with van der Waals surface area (Å²) in [4.78, 5) is 0. The van der Waals surface area contributed by atoms with E-state index in [1.807, 2.05) is 36.4 Å². The lowest BCUT2D eigenvalue weighted by Gasteiger charge is -2.30. The van der Waals surface area contributed by atoms with Gasteiger partial charge in [0.15, 0.2) is 0 Å². The van der Waals surface area contributed by atoms with Gasteiger partial charge in [0, 0.05) is 23.3 Å². The van der Waals surface area contributed by atoms with Gasteiger partial charge in [-0.3, -0.25) is 0 Å². The highest BCUT2D eigenvalue weighted by atomic mass is 79.9. The number of hydrogen-bond acceptors (Lipinski definition) is 4. The predicted octanol–water partition coefficient (Wildman–Crippen LogP) is 14.6. The van der Waals surface area contributed by atoms with E-state index in [0.717, 1.165) is 67.4 Å². The van der Waals surface area contributed by atoms with Gasteiger partial charge in [-0.1, -0.05) is 57.8 Å². The van der Waals surface area contributed by atoms with Crippen LogP contribution >= 0.6 is 159 Å². The number of benzene rings is 4. The molecule has 0 aliphatic heterocycles. The molecule has 0 atom stereocenters. The Morgan fingerprint density at radius 3 is 1.22 bits per heavy atom. The largest absolute Gasteiger partial charge is 0.490 e. The van der Waals surface area contributed by atoms with Gasteiger partial charge in [0.05, 0.1) is 26.8 Å². The lowest BCUT2D eigenvalue weighted by atomic mass is 9.78. The molecular formula is C31H22Br10O4. The number of rotatable bonds is 12. The van der Waals surface area contributed by atoms with E-state index >= 15 is 0 Å².